The molecule has 166 valence electrons. The van der Waals surface area contributed by atoms with E-state index in [0.717, 1.165) is 38.0 Å². The Hall–Kier alpha value is -2.25. The van der Waals surface area contributed by atoms with Gasteiger partial charge in [-0.2, -0.15) is 5.26 Å². The van der Waals surface area contributed by atoms with Crippen molar-refractivity contribution in [2.24, 2.45) is 4.99 Å². The van der Waals surface area contributed by atoms with E-state index < -0.39 is 0 Å². The average Bonchev–Trinajstić information content (AvgIpc) is 2.76. The number of benzene rings is 2. The molecule has 2 aromatic carbocycles. The molecule has 0 aromatic heterocycles. The van der Waals surface area contributed by atoms with Crippen LogP contribution in [0.25, 0.3) is 0 Å². The number of aliphatic imine (C=N–C) groups is 1. The minimum atomic E-state index is -0.359. The van der Waals surface area contributed by atoms with E-state index >= 15 is 0 Å². The fourth-order valence-electron chi connectivity index (χ4n) is 3.53. The Morgan fingerprint density at radius 1 is 1.16 bits per heavy atom. The van der Waals surface area contributed by atoms with Crippen LogP contribution in [0.2, 0.25) is 0 Å². The Labute approximate surface area is 199 Å². The highest BCUT2D eigenvalue weighted by molar-refractivity contribution is 14.0. The molecule has 0 radical (unpaired) electrons. The Balaban J connectivity index is 0.00000341. The molecule has 0 bridgehead atoms. The van der Waals surface area contributed by atoms with E-state index in [9.17, 15) is 8.78 Å². The van der Waals surface area contributed by atoms with Gasteiger partial charge < -0.3 is 10.6 Å². The molecule has 8 heteroatoms. The molecule has 2 N–H and O–H groups in total. The first-order valence-electron chi connectivity index (χ1n) is 10.3. The number of likely N-dealkylation sites (tertiary alicyclic amines) is 1. The Morgan fingerprint density at radius 3 is 2.52 bits per heavy atom. The molecule has 5 nitrogen and oxygen atoms in total. The molecule has 1 aliphatic rings. The molecule has 3 rings (SSSR count). The van der Waals surface area contributed by atoms with Crippen LogP contribution >= 0.6 is 24.0 Å². The first kappa shape index (κ1) is 25.0. The maximum Gasteiger partial charge on any atom is 0.191 e. The predicted octanol–water partition coefficient (Wildman–Crippen LogP) is 4.17. The van der Waals surface area contributed by atoms with Crippen LogP contribution in [0.3, 0.4) is 0 Å². The number of hydrogen-bond donors (Lipinski definition) is 2. The normalized spacial score (nSPS) is 15.1. The molecule has 0 spiro atoms. The minimum Gasteiger partial charge on any atom is -0.357 e. The van der Waals surface area contributed by atoms with Gasteiger partial charge in [0.15, 0.2) is 5.96 Å². The summed E-state index contributed by atoms with van der Waals surface area (Å²) in [5.41, 5.74) is 1.94. The standard InChI is InChI=1S/C23H27F2N5.HI/c1-2-27-23(28-15-19-13-18(14-26)5-8-22(19)25)29-21-9-11-30(12-10-21)16-17-3-6-20(24)7-4-17;/h3-8,13,21H,2,9-12,15-16H2,1H3,(H2,27,28,29);1H. The second kappa shape index (κ2) is 12.6. The molecule has 0 amide bonds. The van der Waals surface area contributed by atoms with Crippen molar-refractivity contribution in [1.82, 2.24) is 15.5 Å². The number of rotatable bonds is 6. The molecule has 1 saturated heterocycles. The highest BCUT2D eigenvalue weighted by Crippen LogP contribution is 2.15. The molecule has 31 heavy (non-hydrogen) atoms. The number of guanidine groups is 1. The summed E-state index contributed by atoms with van der Waals surface area (Å²) >= 11 is 0. The van der Waals surface area contributed by atoms with E-state index in [2.05, 4.69) is 20.5 Å². The smallest absolute Gasteiger partial charge is 0.191 e. The number of hydrogen-bond acceptors (Lipinski definition) is 3. The van der Waals surface area contributed by atoms with Crippen LogP contribution in [0.15, 0.2) is 47.5 Å². The van der Waals surface area contributed by atoms with Gasteiger partial charge in [-0.25, -0.2) is 13.8 Å². The number of nitrogens with zero attached hydrogens (tertiary/aromatic N) is 3. The van der Waals surface area contributed by atoms with Crippen LogP contribution in [0.4, 0.5) is 8.78 Å². The lowest BCUT2D eigenvalue weighted by Gasteiger charge is -2.33. The molecule has 0 saturated carbocycles. The van der Waals surface area contributed by atoms with Crippen molar-refractivity contribution in [3.8, 4) is 6.07 Å². The van der Waals surface area contributed by atoms with Crippen LogP contribution in [0.1, 0.15) is 36.5 Å². The molecule has 1 heterocycles. The van der Waals surface area contributed by atoms with Crippen LogP contribution < -0.4 is 10.6 Å². The zero-order valence-electron chi connectivity index (χ0n) is 17.6. The van der Waals surface area contributed by atoms with E-state index in [4.69, 9.17) is 5.26 Å². The Bertz CT molecular complexity index is 903. The van der Waals surface area contributed by atoms with Gasteiger partial charge in [0.25, 0.3) is 0 Å². The highest BCUT2D eigenvalue weighted by atomic mass is 127. The van der Waals surface area contributed by atoms with Crippen molar-refractivity contribution in [1.29, 1.82) is 5.26 Å². The molecule has 0 unspecified atom stereocenters. The average molecular weight is 539 g/mol. The maximum atomic E-state index is 14.0. The van der Waals surface area contributed by atoms with Crippen molar-refractivity contribution >= 4 is 29.9 Å². The SMILES string of the molecule is CCNC(=NCc1cc(C#N)ccc1F)NC1CCN(Cc2ccc(F)cc2)CC1.I. The van der Waals surface area contributed by atoms with E-state index in [1.54, 1.807) is 0 Å². The van der Waals surface area contributed by atoms with Crippen LogP contribution in [-0.2, 0) is 13.1 Å². The molecule has 0 aliphatic carbocycles. The molecular weight excluding hydrogens is 511 g/mol. The number of halogens is 3. The molecule has 2 aromatic rings. The lowest BCUT2D eigenvalue weighted by Crippen LogP contribution is -2.48. The summed E-state index contributed by atoms with van der Waals surface area (Å²) in [4.78, 5) is 6.86. The van der Waals surface area contributed by atoms with Gasteiger partial charge in [-0.3, -0.25) is 4.90 Å². The summed E-state index contributed by atoms with van der Waals surface area (Å²) in [7, 11) is 0. The topological polar surface area (TPSA) is 63.5 Å². The van der Waals surface area contributed by atoms with Crippen molar-refractivity contribution in [3.05, 3.63) is 70.8 Å². The fourth-order valence-corrected chi connectivity index (χ4v) is 3.53. The van der Waals surface area contributed by atoms with E-state index in [0.29, 0.717) is 23.6 Å². The second-order valence-electron chi connectivity index (χ2n) is 7.43. The maximum absolute atomic E-state index is 14.0. The van der Waals surface area contributed by atoms with E-state index in [-0.39, 0.29) is 48.2 Å². The van der Waals surface area contributed by atoms with Crippen LogP contribution in [0, 0.1) is 23.0 Å². The van der Waals surface area contributed by atoms with E-state index in [1.807, 2.05) is 25.1 Å². The summed E-state index contributed by atoms with van der Waals surface area (Å²) in [5, 5.41) is 15.7. The first-order valence-corrected chi connectivity index (χ1v) is 10.3. The van der Waals surface area contributed by atoms with Gasteiger partial charge in [-0.05, 0) is 55.7 Å². The highest BCUT2D eigenvalue weighted by Gasteiger charge is 2.20. The summed E-state index contributed by atoms with van der Waals surface area (Å²) < 4.78 is 27.1. The van der Waals surface area contributed by atoms with Gasteiger partial charge in [-0.1, -0.05) is 12.1 Å². The molecule has 0 atom stereocenters. The second-order valence-corrected chi connectivity index (χ2v) is 7.43. The summed E-state index contributed by atoms with van der Waals surface area (Å²) in [6.07, 6.45) is 1.92. The van der Waals surface area contributed by atoms with Gasteiger partial charge in [0, 0.05) is 37.8 Å². The first-order chi connectivity index (χ1) is 14.6. The fraction of sp³-hybridized carbons (Fsp3) is 0.391. The van der Waals surface area contributed by atoms with Crippen molar-refractivity contribution in [2.45, 2.75) is 38.9 Å². The quantitative estimate of drug-likeness (QED) is 0.329. The van der Waals surface area contributed by atoms with Crippen molar-refractivity contribution in [3.63, 3.8) is 0 Å². The minimum absolute atomic E-state index is 0. The van der Waals surface area contributed by atoms with Gasteiger partial charge >= 0.3 is 0 Å². The summed E-state index contributed by atoms with van der Waals surface area (Å²) in [6, 6.07) is 13.3. The molecule has 1 aliphatic heterocycles. The lowest BCUT2D eigenvalue weighted by molar-refractivity contribution is 0.198. The van der Waals surface area contributed by atoms with Gasteiger partial charge in [0.2, 0.25) is 0 Å². The summed E-state index contributed by atoms with van der Waals surface area (Å²) in [6.45, 7) is 5.55. The largest absolute Gasteiger partial charge is 0.357 e. The number of nitriles is 1. The number of piperidine rings is 1. The number of nitrogens with one attached hydrogen (secondary N) is 2. The molecular formula is C23H28F2IN5. The van der Waals surface area contributed by atoms with Gasteiger partial charge in [0.1, 0.15) is 11.6 Å². The van der Waals surface area contributed by atoms with Crippen molar-refractivity contribution in [2.75, 3.05) is 19.6 Å². The van der Waals surface area contributed by atoms with Crippen molar-refractivity contribution < 1.29 is 8.78 Å². The Morgan fingerprint density at radius 2 is 1.87 bits per heavy atom. The van der Waals surface area contributed by atoms with Crippen LogP contribution in [-0.4, -0.2) is 36.5 Å². The third-order valence-corrected chi connectivity index (χ3v) is 5.17. The van der Waals surface area contributed by atoms with Gasteiger partial charge in [0.05, 0.1) is 18.2 Å². The zero-order valence-corrected chi connectivity index (χ0v) is 19.9. The third-order valence-electron chi connectivity index (χ3n) is 5.17. The van der Waals surface area contributed by atoms with Crippen LogP contribution in [0.5, 0.6) is 0 Å². The zero-order chi connectivity index (χ0) is 21.3. The lowest BCUT2D eigenvalue weighted by atomic mass is 10.0. The third kappa shape index (κ3) is 7.74. The monoisotopic (exact) mass is 539 g/mol. The Kier molecular flexibility index (Phi) is 10.1. The molecule has 1 fully saturated rings. The predicted molar refractivity (Wildman–Crippen MR) is 129 cm³/mol. The summed E-state index contributed by atoms with van der Waals surface area (Å²) in [5.74, 6) is 0.0788. The van der Waals surface area contributed by atoms with Gasteiger partial charge in [-0.15, -0.1) is 24.0 Å². The van der Waals surface area contributed by atoms with E-state index in [1.165, 1.54) is 30.3 Å².